The van der Waals surface area contributed by atoms with Crippen LogP contribution in [0.3, 0.4) is 0 Å². The second kappa shape index (κ2) is 7.27. The molecule has 6 aliphatic rings. The minimum absolute atomic E-state index is 0.248. The summed E-state index contributed by atoms with van der Waals surface area (Å²) in [5, 5.41) is 51.0. The molecule has 5 N–H and O–H groups in total. The van der Waals surface area contributed by atoms with Crippen molar-refractivity contribution in [3.63, 3.8) is 0 Å². The Balaban J connectivity index is 1.39. The number of hydrogen-bond donors (Lipinski definition) is 5. The molecule has 0 aromatic rings. The summed E-state index contributed by atoms with van der Waals surface area (Å²) in [4.78, 5) is 2.42. The Morgan fingerprint density at radius 3 is 2.72 bits per heavy atom. The van der Waals surface area contributed by atoms with Crippen molar-refractivity contribution in [1.29, 1.82) is 0 Å². The van der Waals surface area contributed by atoms with Gasteiger partial charge in [0.05, 0.1) is 6.61 Å². The van der Waals surface area contributed by atoms with Crippen LogP contribution in [0.15, 0.2) is 34.8 Å². The van der Waals surface area contributed by atoms with Gasteiger partial charge in [0.1, 0.15) is 42.4 Å². The van der Waals surface area contributed by atoms with Crippen LogP contribution in [-0.2, 0) is 14.2 Å². The van der Waals surface area contributed by atoms with Crippen LogP contribution in [0.4, 0.5) is 0 Å². The molecule has 6 rings (SSSR count). The van der Waals surface area contributed by atoms with E-state index in [1.165, 1.54) is 5.57 Å². The standard InChI is InChI=1S/C23H31NO8/c1-24-7-6-23-11-3-4-13(26)21(23)32-20-14(5-2-10(16(20)23)8-12(11)24)30-22-19(29)18(28)17(27)15(9-25)31-22/h3-4,11-13,15,17-19,21-22,25-29H,2,5-9H2,1H3/t11-,12+,13-,15+,17+,18-,19+,21-,22+,23-/m0/s1. The zero-order valence-corrected chi connectivity index (χ0v) is 18.0. The fourth-order valence-corrected chi connectivity index (χ4v) is 6.94. The second-order valence-electron chi connectivity index (χ2n) is 10.0. The third kappa shape index (κ3) is 2.64. The molecule has 2 bridgehead atoms. The van der Waals surface area contributed by atoms with Crippen molar-refractivity contribution in [3.05, 3.63) is 34.8 Å². The number of hydrogen-bond acceptors (Lipinski definition) is 9. The van der Waals surface area contributed by atoms with Gasteiger partial charge in [-0.2, -0.15) is 0 Å². The summed E-state index contributed by atoms with van der Waals surface area (Å²) in [5.74, 6) is 1.40. The van der Waals surface area contributed by atoms with Gasteiger partial charge >= 0.3 is 0 Å². The van der Waals surface area contributed by atoms with Gasteiger partial charge in [-0.3, -0.25) is 0 Å². The van der Waals surface area contributed by atoms with Crippen LogP contribution in [-0.4, -0.2) is 99.6 Å². The van der Waals surface area contributed by atoms with E-state index in [-0.39, 0.29) is 17.4 Å². The van der Waals surface area contributed by atoms with Gasteiger partial charge in [0, 0.05) is 29.4 Å². The van der Waals surface area contributed by atoms with Crippen LogP contribution < -0.4 is 0 Å². The molecule has 3 aliphatic carbocycles. The maximum Gasteiger partial charge on any atom is 0.228 e. The number of piperidine rings is 1. The third-order valence-electron chi connectivity index (χ3n) is 8.55. The first kappa shape index (κ1) is 21.1. The van der Waals surface area contributed by atoms with Crippen LogP contribution in [0.5, 0.6) is 0 Å². The molecule has 32 heavy (non-hydrogen) atoms. The smallest absolute Gasteiger partial charge is 0.228 e. The zero-order valence-electron chi connectivity index (χ0n) is 18.0. The molecule has 0 radical (unpaired) electrons. The Hall–Kier alpha value is -1.46. The highest BCUT2D eigenvalue weighted by molar-refractivity contribution is 5.52. The van der Waals surface area contributed by atoms with Crippen LogP contribution in [0.2, 0.25) is 0 Å². The fourth-order valence-electron chi connectivity index (χ4n) is 6.94. The van der Waals surface area contributed by atoms with E-state index in [9.17, 15) is 25.5 Å². The number of allylic oxidation sites excluding steroid dienone is 2. The predicted octanol–water partition coefficient (Wildman–Crippen LogP) is -0.855. The summed E-state index contributed by atoms with van der Waals surface area (Å²) in [5.41, 5.74) is 2.20. The molecule has 0 unspecified atom stereocenters. The van der Waals surface area contributed by atoms with Gasteiger partial charge in [-0.15, -0.1) is 0 Å². The number of likely N-dealkylation sites (tertiary alicyclic amines) is 1. The number of aliphatic hydroxyl groups is 5. The monoisotopic (exact) mass is 449 g/mol. The van der Waals surface area contributed by atoms with Crippen LogP contribution >= 0.6 is 0 Å². The summed E-state index contributed by atoms with van der Waals surface area (Å²) >= 11 is 0. The van der Waals surface area contributed by atoms with Crippen molar-refractivity contribution < 1.29 is 39.7 Å². The van der Waals surface area contributed by atoms with Crippen molar-refractivity contribution >= 4 is 0 Å². The van der Waals surface area contributed by atoms with E-state index >= 15 is 0 Å². The van der Waals surface area contributed by atoms with E-state index < -0.39 is 43.4 Å². The molecule has 0 aromatic heterocycles. The molecule has 0 amide bonds. The predicted molar refractivity (Wildman–Crippen MR) is 110 cm³/mol. The molecule has 9 nitrogen and oxygen atoms in total. The maximum atomic E-state index is 10.8. The van der Waals surface area contributed by atoms with Crippen LogP contribution in [0, 0.1) is 11.3 Å². The number of ether oxygens (including phenoxy) is 3. The Bertz CT molecular complexity index is 898. The Morgan fingerprint density at radius 2 is 1.94 bits per heavy atom. The molecule has 0 saturated carbocycles. The molecule has 176 valence electrons. The van der Waals surface area contributed by atoms with Gasteiger partial charge in [-0.1, -0.05) is 17.7 Å². The molecule has 3 fully saturated rings. The van der Waals surface area contributed by atoms with Gasteiger partial charge in [0.15, 0.2) is 5.76 Å². The second-order valence-corrected chi connectivity index (χ2v) is 10.0. The number of rotatable bonds is 3. The molecular weight excluding hydrogens is 418 g/mol. The molecular formula is C23H31NO8. The van der Waals surface area contributed by atoms with Crippen molar-refractivity contribution in [1.82, 2.24) is 4.90 Å². The molecule has 1 spiro atoms. The Morgan fingerprint density at radius 1 is 1.12 bits per heavy atom. The minimum Gasteiger partial charge on any atom is -0.483 e. The maximum absolute atomic E-state index is 10.8. The first-order chi connectivity index (χ1) is 15.4. The highest BCUT2D eigenvalue weighted by atomic mass is 16.7. The minimum atomic E-state index is -1.50. The first-order valence-electron chi connectivity index (χ1n) is 11.5. The average molecular weight is 450 g/mol. The summed E-state index contributed by atoms with van der Waals surface area (Å²) in [7, 11) is 2.17. The van der Waals surface area contributed by atoms with Gasteiger partial charge < -0.3 is 44.6 Å². The summed E-state index contributed by atoms with van der Waals surface area (Å²) in [6, 6.07) is 0.379. The molecule has 3 saturated heterocycles. The molecule has 3 aliphatic heterocycles. The normalized spacial score (nSPS) is 49.8. The molecule has 3 heterocycles. The lowest BCUT2D eigenvalue weighted by Crippen LogP contribution is -2.61. The topological polar surface area (TPSA) is 132 Å². The number of nitrogens with zero attached hydrogens (tertiary/aromatic N) is 1. The fraction of sp³-hybridized carbons (Fsp3) is 0.739. The van der Waals surface area contributed by atoms with Gasteiger partial charge in [0.2, 0.25) is 6.29 Å². The molecule has 0 aromatic carbocycles. The highest BCUT2D eigenvalue weighted by Gasteiger charge is 2.66. The lowest BCUT2D eigenvalue weighted by molar-refractivity contribution is -0.292. The summed E-state index contributed by atoms with van der Waals surface area (Å²) in [6.45, 7) is 0.413. The SMILES string of the molecule is CN1CC[C@]23C4=C5CCC(O[C@@H]6O[C@H](CO)[C@@H](O)[C@H](O)[C@H]6O)=C4O[C@H]2[C@@H](O)C=C[C@H]3[C@H]1C5. The van der Waals surface area contributed by atoms with Gasteiger partial charge in [-0.25, -0.2) is 0 Å². The zero-order chi connectivity index (χ0) is 22.4. The van der Waals surface area contributed by atoms with Gasteiger partial charge in [-0.05, 0) is 32.9 Å². The summed E-state index contributed by atoms with van der Waals surface area (Å²) < 4.78 is 18.1. The van der Waals surface area contributed by atoms with Crippen molar-refractivity contribution in [2.75, 3.05) is 20.2 Å². The Labute approximate surface area is 186 Å². The van der Waals surface area contributed by atoms with E-state index in [0.717, 1.165) is 31.4 Å². The van der Waals surface area contributed by atoms with E-state index in [4.69, 9.17) is 14.2 Å². The van der Waals surface area contributed by atoms with Gasteiger partial charge in [0.25, 0.3) is 0 Å². The lowest BCUT2D eigenvalue weighted by Gasteiger charge is -2.56. The Kier molecular flexibility index (Phi) is 4.79. The van der Waals surface area contributed by atoms with Crippen molar-refractivity contribution in [3.8, 4) is 0 Å². The molecule has 10 atom stereocenters. The van der Waals surface area contributed by atoms with Crippen LogP contribution in [0.25, 0.3) is 0 Å². The molecule has 9 heteroatoms. The van der Waals surface area contributed by atoms with E-state index in [0.29, 0.717) is 24.0 Å². The quantitative estimate of drug-likeness (QED) is 0.349. The van der Waals surface area contributed by atoms with E-state index in [2.05, 4.69) is 18.0 Å². The highest BCUT2D eigenvalue weighted by Crippen LogP contribution is 2.65. The summed E-state index contributed by atoms with van der Waals surface area (Å²) in [6.07, 6.45) is -0.610. The average Bonchev–Trinajstić information content (AvgIpc) is 3.14. The largest absolute Gasteiger partial charge is 0.483 e. The van der Waals surface area contributed by atoms with E-state index in [1.807, 2.05) is 6.08 Å². The third-order valence-corrected chi connectivity index (χ3v) is 8.55. The van der Waals surface area contributed by atoms with E-state index in [1.54, 1.807) is 0 Å². The first-order valence-corrected chi connectivity index (χ1v) is 11.5. The lowest BCUT2D eigenvalue weighted by atomic mass is 9.52. The van der Waals surface area contributed by atoms with Crippen LogP contribution in [0.1, 0.15) is 25.7 Å². The number of aliphatic hydroxyl groups excluding tert-OH is 5. The van der Waals surface area contributed by atoms with Crippen molar-refractivity contribution in [2.24, 2.45) is 11.3 Å². The van der Waals surface area contributed by atoms with Crippen molar-refractivity contribution in [2.45, 2.75) is 74.6 Å².